The van der Waals surface area contributed by atoms with Gasteiger partial charge in [0.15, 0.2) is 6.29 Å². The molecule has 0 amide bonds. The van der Waals surface area contributed by atoms with E-state index in [2.05, 4.69) is 5.32 Å². The van der Waals surface area contributed by atoms with Crippen molar-refractivity contribution in [1.82, 2.24) is 0 Å². The summed E-state index contributed by atoms with van der Waals surface area (Å²) in [5.41, 5.74) is -0.522. The molecule has 1 N–H and O–H groups in total. The Morgan fingerprint density at radius 1 is 1.15 bits per heavy atom. The molecule has 0 atom stereocenters. The van der Waals surface area contributed by atoms with Gasteiger partial charge >= 0.3 is 6.18 Å². The van der Waals surface area contributed by atoms with E-state index in [0.717, 1.165) is 12.1 Å². The number of benzene rings is 1. The van der Waals surface area contributed by atoms with E-state index < -0.39 is 18.0 Å². The van der Waals surface area contributed by atoms with E-state index >= 15 is 0 Å². The minimum atomic E-state index is -4.43. The summed E-state index contributed by atoms with van der Waals surface area (Å²) in [6, 6.07) is 3.31. The first kappa shape index (κ1) is 17.1. The fourth-order valence-corrected chi connectivity index (χ4v) is 1.83. The van der Waals surface area contributed by atoms with Crippen LogP contribution in [-0.2, 0) is 15.7 Å². The molecule has 114 valence electrons. The molecule has 0 heterocycles. The van der Waals surface area contributed by atoms with Crippen LogP contribution in [0.4, 0.5) is 18.9 Å². The molecule has 0 radical (unpaired) electrons. The molecule has 1 aromatic rings. The highest BCUT2D eigenvalue weighted by Gasteiger charge is 2.31. The van der Waals surface area contributed by atoms with Crippen LogP contribution in [0.1, 0.15) is 19.4 Å². The van der Waals surface area contributed by atoms with E-state index in [9.17, 15) is 13.2 Å². The second-order valence-corrected chi connectivity index (χ2v) is 4.38. The first-order valence-electron chi connectivity index (χ1n) is 6.21. The lowest BCUT2D eigenvalue weighted by Crippen LogP contribution is -2.26. The Morgan fingerprint density at radius 2 is 1.75 bits per heavy atom. The van der Waals surface area contributed by atoms with Crippen LogP contribution in [0.3, 0.4) is 0 Å². The molecule has 0 fully saturated rings. The lowest BCUT2D eigenvalue weighted by Gasteiger charge is -2.18. The molecule has 1 aromatic carbocycles. The third-order valence-electron chi connectivity index (χ3n) is 2.40. The highest BCUT2D eigenvalue weighted by molar-refractivity contribution is 6.30. The van der Waals surface area contributed by atoms with Crippen LogP contribution in [0.5, 0.6) is 0 Å². The number of rotatable bonds is 7. The smallest absolute Gasteiger partial charge is 0.380 e. The molecular weight excluding hydrogens is 295 g/mol. The molecule has 0 spiro atoms. The molecule has 0 aliphatic rings. The van der Waals surface area contributed by atoms with Gasteiger partial charge in [-0.2, -0.15) is 13.2 Å². The number of anilines is 1. The minimum absolute atomic E-state index is 0.0201. The van der Waals surface area contributed by atoms with Gasteiger partial charge in [-0.3, -0.25) is 0 Å². The van der Waals surface area contributed by atoms with Gasteiger partial charge in [0, 0.05) is 23.9 Å². The molecule has 0 aromatic heterocycles. The van der Waals surface area contributed by atoms with Crippen LogP contribution in [-0.4, -0.2) is 26.0 Å². The van der Waals surface area contributed by atoms with Crippen molar-refractivity contribution in [2.24, 2.45) is 0 Å². The third-order valence-corrected chi connectivity index (χ3v) is 2.62. The van der Waals surface area contributed by atoms with Gasteiger partial charge in [0.25, 0.3) is 0 Å². The molecule has 7 heteroatoms. The molecule has 0 unspecified atom stereocenters. The van der Waals surface area contributed by atoms with Gasteiger partial charge in [-0.15, -0.1) is 0 Å². The Kier molecular flexibility index (Phi) is 6.58. The standard InChI is InChI=1S/C13H17ClF3NO2/c1-3-19-12(20-4-2)8-18-11-6-9(13(15,16)17)5-10(14)7-11/h5-7,12,18H,3-4,8H2,1-2H3. The Labute approximate surface area is 121 Å². The van der Waals surface area contributed by atoms with Gasteiger partial charge in [-0.1, -0.05) is 11.6 Å². The van der Waals surface area contributed by atoms with Crippen LogP contribution in [0, 0.1) is 0 Å². The van der Waals surface area contributed by atoms with Crippen LogP contribution in [0.25, 0.3) is 0 Å². The van der Waals surface area contributed by atoms with Crippen molar-refractivity contribution in [2.75, 3.05) is 25.1 Å². The SMILES string of the molecule is CCOC(CNc1cc(Cl)cc(C(F)(F)F)c1)OCC. The van der Waals surface area contributed by atoms with Crippen LogP contribution < -0.4 is 5.32 Å². The van der Waals surface area contributed by atoms with Crippen molar-refractivity contribution in [3.63, 3.8) is 0 Å². The molecule has 0 bridgehead atoms. The van der Waals surface area contributed by atoms with E-state index in [0.29, 0.717) is 13.2 Å². The van der Waals surface area contributed by atoms with Crippen molar-refractivity contribution in [3.8, 4) is 0 Å². The highest BCUT2D eigenvalue weighted by atomic mass is 35.5. The molecule has 3 nitrogen and oxygen atoms in total. The molecule has 1 rings (SSSR count). The lowest BCUT2D eigenvalue weighted by molar-refractivity contribution is -0.137. The number of hydrogen-bond acceptors (Lipinski definition) is 3. The van der Waals surface area contributed by atoms with Crippen molar-refractivity contribution in [3.05, 3.63) is 28.8 Å². The lowest BCUT2D eigenvalue weighted by atomic mass is 10.2. The largest absolute Gasteiger partial charge is 0.416 e. The van der Waals surface area contributed by atoms with E-state index in [-0.39, 0.29) is 17.3 Å². The predicted octanol–water partition coefficient (Wildman–Crippen LogP) is 4.17. The van der Waals surface area contributed by atoms with Crippen molar-refractivity contribution < 1.29 is 22.6 Å². The number of halogens is 4. The summed E-state index contributed by atoms with van der Waals surface area (Å²) in [5.74, 6) is 0. The predicted molar refractivity (Wildman–Crippen MR) is 72.0 cm³/mol. The average Bonchev–Trinajstić information content (AvgIpc) is 2.35. The van der Waals surface area contributed by atoms with E-state index in [1.807, 2.05) is 13.8 Å². The molecule has 0 saturated heterocycles. The number of nitrogens with one attached hydrogen (secondary N) is 1. The molecule has 0 aliphatic heterocycles. The van der Waals surface area contributed by atoms with Crippen molar-refractivity contribution in [2.45, 2.75) is 26.3 Å². The van der Waals surface area contributed by atoms with Crippen LogP contribution in [0.2, 0.25) is 5.02 Å². The maximum absolute atomic E-state index is 12.7. The number of ether oxygens (including phenoxy) is 2. The molecule has 0 saturated carbocycles. The summed E-state index contributed by atoms with van der Waals surface area (Å²) in [6.45, 7) is 4.77. The maximum Gasteiger partial charge on any atom is 0.416 e. The quantitative estimate of drug-likeness (QED) is 0.767. The van der Waals surface area contributed by atoms with Crippen LogP contribution in [0.15, 0.2) is 18.2 Å². The Hall–Kier alpha value is -0.980. The zero-order valence-electron chi connectivity index (χ0n) is 11.3. The summed E-state index contributed by atoms with van der Waals surface area (Å²) in [7, 11) is 0. The number of hydrogen-bond donors (Lipinski definition) is 1. The molecule has 20 heavy (non-hydrogen) atoms. The molecular formula is C13H17ClF3NO2. The second-order valence-electron chi connectivity index (χ2n) is 3.95. The van der Waals surface area contributed by atoms with Crippen molar-refractivity contribution in [1.29, 1.82) is 0 Å². The fraction of sp³-hybridized carbons (Fsp3) is 0.538. The third kappa shape index (κ3) is 5.56. The van der Waals surface area contributed by atoms with Gasteiger partial charge in [0.2, 0.25) is 0 Å². The summed E-state index contributed by atoms with van der Waals surface area (Å²) in [5, 5.41) is 2.85. The monoisotopic (exact) mass is 311 g/mol. The average molecular weight is 312 g/mol. The van der Waals surface area contributed by atoms with Gasteiger partial charge in [-0.25, -0.2) is 0 Å². The topological polar surface area (TPSA) is 30.5 Å². The highest BCUT2D eigenvalue weighted by Crippen LogP contribution is 2.33. The first-order chi connectivity index (χ1) is 9.36. The second kappa shape index (κ2) is 7.71. The molecule has 0 aliphatic carbocycles. The summed E-state index contributed by atoms with van der Waals surface area (Å²) < 4.78 is 48.5. The van der Waals surface area contributed by atoms with Gasteiger partial charge in [0.05, 0.1) is 12.1 Å². The van der Waals surface area contributed by atoms with Gasteiger partial charge in [-0.05, 0) is 32.0 Å². The zero-order chi connectivity index (χ0) is 15.2. The fourth-order valence-electron chi connectivity index (χ4n) is 1.59. The van der Waals surface area contributed by atoms with Crippen LogP contribution >= 0.6 is 11.6 Å². The summed E-state index contributed by atoms with van der Waals surface area (Å²) in [4.78, 5) is 0. The summed E-state index contributed by atoms with van der Waals surface area (Å²) in [6.07, 6.45) is -4.95. The van der Waals surface area contributed by atoms with E-state index in [4.69, 9.17) is 21.1 Å². The Morgan fingerprint density at radius 3 is 2.25 bits per heavy atom. The zero-order valence-corrected chi connectivity index (χ0v) is 12.0. The Balaban J connectivity index is 2.74. The van der Waals surface area contributed by atoms with E-state index in [1.54, 1.807) is 0 Å². The van der Waals surface area contributed by atoms with Gasteiger partial charge in [0.1, 0.15) is 0 Å². The number of alkyl halides is 3. The maximum atomic E-state index is 12.7. The normalized spacial score (nSPS) is 11.9. The van der Waals surface area contributed by atoms with Gasteiger partial charge < -0.3 is 14.8 Å². The van der Waals surface area contributed by atoms with Crippen molar-refractivity contribution >= 4 is 17.3 Å². The Bertz CT molecular complexity index is 421. The minimum Gasteiger partial charge on any atom is -0.380 e. The van der Waals surface area contributed by atoms with E-state index in [1.165, 1.54) is 6.07 Å². The summed E-state index contributed by atoms with van der Waals surface area (Å²) >= 11 is 5.69. The first-order valence-corrected chi connectivity index (χ1v) is 6.59.